The molecule has 0 unspecified atom stereocenters. The molecule has 0 aliphatic carbocycles. The van der Waals surface area contributed by atoms with E-state index in [9.17, 15) is 4.79 Å². The van der Waals surface area contributed by atoms with Crippen LogP contribution >= 0.6 is 11.8 Å². The molecule has 1 aromatic carbocycles. The van der Waals surface area contributed by atoms with Crippen molar-refractivity contribution in [2.75, 3.05) is 18.8 Å². The zero-order valence-corrected chi connectivity index (χ0v) is 12.8. The Balaban J connectivity index is 1.94. The third-order valence-corrected chi connectivity index (χ3v) is 3.90. The molecular formula is C15H15N5OS. The topological polar surface area (TPSA) is 96.6 Å². The molecule has 112 valence electrons. The molecule has 0 saturated carbocycles. The number of carbonyl (C=O) groups excluding carboxylic acids is 1. The van der Waals surface area contributed by atoms with Crippen LogP contribution in [-0.4, -0.2) is 39.6 Å². The number of aromatic nitrogens is 2. The van der Waals surface area contributed by atoms with Crippen molar-refractivity contribution in [2.24, 2.45) is 0 Å². The molecule has 6 nitrogen and oxygen atoms in total. The van der Waals surface area contributed by atoms with E-state index >= 15 is 0 Å². The minimum Gasteiger partial charge on any atom is -0.340 e. The van der Waals surface area contributed by atoms with Crippen LogP contribution in [0.3, 0.4) is 0 Å². The van der Waals surface area contributed by atoms with Gasteiger partial charge in [0.25, 0.3) is 0 Å². The van der Waals surface area contributed by atoms with Crippen molar-refractivity contribution in [3.05, 3.63) is 24.3 Å². The maximum absolute atomic E-state index is 12.2. The summed E-state index contributed by atoms with van der Waals surface area (Å²) in [5.41, 5.74) is 1.80. The Hall–Kier alpha value is -2.51. The molecule has 22 heavy (non-hydrogen) atoms. The minimum absolute atomic E-state index is 0.0871. The largest absolute Gasteiger partial charge is 0.340 e. The fraction of sp³-hybridized carbons (Fsp3) is 0.333. The first-order chi connectivity index (χ1) is 10.7. The third kappa shape index (κ3) is 4.24. The number of benzene rings is 1. The summed E-state index contributed by atoms with van der Waals surface area (Å²) in [4.78, 5) is 21.3. The van der Waals surface area contributed by atoms with E-state index in [1.54, 1.807) is 4.90 Å². The molecule has 0 radical (unpaired) electrons. The van der Waals surface area contributed by atoms with Gasteiger partial charge in [-0.2, -0.15) is 10.5 Å². The van der Waals surface area contributed by atoms with Crippen LogP contribution in [-0.2, 0) is 4.79 Å². The lowest BCUT2D eigenvalue weighted by Gasteiger charge is -2.19. The number of nitrogens with one attached hydrogen (secondary N) is 1. The van der Waals surface area contributed by atoms with Gasteiger partial charge in [0.15, 0.2) is 5.16 Å². The normalized spacial score (nSPS) is 10.1. The Morgan fingerprint density at radius 2 is 1.91 bits per heavy atom. The summed E-state index contributed by atoms with van der Waals surface area (Å²) in [5.74, 6) is 0.146. The first-order valence-electron chi connectivity index (χ1n) is 6.84. The molecule has 2 aromatic rings. The highest BCUT2D eigenvalue weighted by molar-refractivity contribution is 7.99. The number of amides is 1. The van der Waals surface area contributed by atoms with E-state index in [-0.39, 0.29) is 24.5 Å². The highest BCUT2D eigenvalue weighted by Crippen LogP contribution is 2.19. The maximum Gasteiger partial charge on any atom is 0.233 e. The van der Waals surface area contributed by atoms with Crippen molar-refractivity contribution in [2.45, 2.75) is 18.0 Å². The van der Waals surface area contributed by atoms with Crippen molar-refractivity contribution in [1.82, 2.24) is 14.9 Å². The van der Waals surface area contributed by atoms with E-state index in [0.29, 0.717) is 18.2 Å². The summed E-state index contributed by atoms with van der Waals surface area (Å²) in [6.45, 7) is 0.718. The number of aromatic amines is 1. The van der Waals surface area contributed by atoms with Crippen LogP contribution in [0.2, 0.25) is 0 Å². The fourth-order valence-corrected chi connectivity index (χ4v) is 2.74. The van der Waals surface area contributed by atoms with E-state index in [4.69, 9.17) is 10.5 Å². The van der Waals surface area contributed by atoms with Crippen molar-refractivity contribution in [1.29, 1.82) is 10.5 Å². The van der Waals surface area contributed by atoms with E-state index in [0.717, 1.165) is 11.0 Å². The van der Waals surface area contributed by atoms with Gasteiger partial charge in [0.1, 0.15) is 0 Å². The van der Waals surface area contributed by atoms with Crippen molar-refractivity contribution in [3.63, 3.8) is 0 Å². The van der Waals surface area contributed by atoms with Crippen molar-refractivity contribution in [3.8, 4) is 12.1 Å². The Bertz CT molecular complexity index is 676. The monoisotopic (exact) mass is 313 g/mol. The van der Waals surface area contributed by atoms with Crippen molar-refractivity contribution < 1.29 is 4.79 Å². The molecule has 0 aliphatic heterocycles. The summed E-state index contributed by atoms with van der Waals surface area (Å²) in [7, 11) is 0. The van der Waals surface area contributed by atoms with Crippen LogP contribution in [0, 0.1) is 22.7 Å². The summed E-state index contributed by atoms with van der Waals surface area (Å²) in [5, 5.41) is 18.0. The van der Waals surface area contributed by atoms with Gasteiger partial charge in [-0.3, -0.25) is 4.79 Å². The summed E-state index contributed by atoms with van der Waals surface area (Å²) in [6, 6.07) is 11.7. The molecular weight excluding hydrogens is 298 g/mol. The smallest absolute Gasteiger partial charge is 0.233 e. The number of hydrogen-bond acceptors (Lipinski definition) is 5. The zero-order chi connectivity index (χ0) is 15.8. The molecule has 0 spiro atoms. The van der Waals surface area contributed by atoms with E-state index in [1.807, 2.05) is 36.4 Å². The number of H-pyrrole nitrogens is 1. The Morgan fingerprint density at radius 3 is 2.55 bits per heavy atom. The second-order valence-corrected chi connectivity index (χ2v) is 5.51. The number of carbonyl (C=O) groups is 1. The number of thioether (sulfide) groups is 1. The Morgan fingerprint density at radius 1 is 1.23 bits per heavy atom. The number of rotatable bonds is 7. The fourth-order valence-electron chi connectivity index (χ4n) is 1.95. The highest BCUT2D eigenvalue weighted by atomic mass is 32.2. The lowest BCUT2D eigenvalue weighted by atomic mass is 10.3. The lowest BCUT2D eigenvalue weighted by molar-refractivity contribution is -0.128. The third-order valence-electron chi connectivity index (χ3n) is 3.04. The quantitative estimate of drug-likeness (QED) is 0.791. The van der Waals surface area contributed by atoms with E-state index in [1.165, 1.54) is 11.8 Å². The average molecular weight is 313 g/mol. The Kier molecular flexibility index (Phi) is 5.81. The molecule has 0 fully saturated rings. The van der Waals surface area contributed by atoms with Gasteiger partial charge in [-0.15, -0.1) is 0 Å². The second kappa shape index (κ2) is 8.06. The molecule has 1 amide bonds. The molecule has 2 rings (SSSR count). The Labute approximate surface area is 132 Å². The average Bonchev–Trinajstić information content (AvgIpc) is 2.95. The number of imidazole rings is 1. The van der Waals surface area contributed by atoms with Gasteiger partial charge in [-0.25, -0.2) is 4.98 Å². The van der Waals surface area contributed by atoms with E-state index < -0.39 is 0 Å². The summed E-state index contributed by atoms with van der Waals surface area (Å²) in [6.07, 6.45) is 0.541. The maximum atomic E-state index is 12.2. The minimum atomic E-state index is -0.0871. The van der Waals surface area contributed by atoms with Crippen LogP contribution in [0.25, 0.3) is 11.0 Å². The molecule has 1 heterocycles. The molecule has 7 heteroatoms. The van der Waals surface area contributed by atoms with Crippen LogP contribution < -0.4 is 0 Å². The van der Waals surface area contributed by atoms with Gasteiger partial charge in [0, 0.05) is 13.1 Å². The molecule has 0 atom stereocenters. The number of nitrogens with zero attached hydrogens (tertiary/aromatic N) is 4. The number of nitriles is 2. The van der Waals surface area contributed by atoms with Gasteiger partial charge in [0.2, 0.25) is 5.91 Å². The van der Waals surface area contributed by atoms with E-state index in [2.05, 4.69) is 9.97 Å². The van der Waals surface area contributed by atoms with Crippen LogP contribution in [0.4, 0.5) is 0 Å². The highest BCUT2D eigenvalue weighted by Gasteiger charge is 2.14. The summed E-state index contributed by atoms with van der Waals surface area (Å²) < 4.78 is 0. The van der Waals surface area contributed by atoms with Gasteiger partial charge >= 0.3 is 0 Å². The van der Waals surface area contributed by atoms with Gasteiger partial charge < -0.3 is 9.88 Å². The zero-order valence-electron chi connectivity index (χ0n) is 12.0. The SMILES string of the molecule is N#CCCN(CCC#N)C(=O)CSc1nc2ccccc2[nH]1. The van der Waals surface area contributed by atoms with Crippen LogP contribution in [0.15, 0.2) is 29.4 Å². The predicted molar refractivity (Wildman–Crippen MR) is 83.9 cm³/mol. The number of hydrogen-bond donors (Lipinski definition) is 1. The molecule has 0 aliphatic rings. The van der Waals surface area contributed by atoms with Crippen molar-refractivity contribution >= 4 is 28.7 Å². The van der Waals surface area contributed by atoms with Gasteiger partial charge in [-0.1, -0.05) is 23.9 Å². The predicted octanol–water partition coefficient (Wildman–Crippen LogP) is 2.31. The molecule has 0 bridgehead atoms. The number of para-hydroxylation sites is 2. The first kappa shape index (κ1) is 15.9. The first-order valence-corrected chi connectivity index (χ1v) is 7.82. The molecule has 1 aromatic heterocycles. The summed E-state index contributed by atoms with van der Waals surface area (Å²) >= 11 is 1.33. The van der Waals surface area contributed by atoms with Crippen LogP contribution in [0.5, 0.6) is 0 Å². The van der Waals surface area contributed by atoms with Gasteiger partial charge in [0.05, 0.1) is 41.8 Å². The molecule has 0 saturated heterocycles. The molecule has 1 N–H and O–H groups in total. The number of fused-ring (bicyclic) bond motifs is 1. The standard InChI is InChI=1S/C15H15N5OS/c16-7-3-9-20(10-4-8-17)14(21)11-22-15-18-12-5-1-2-6-13(12)19-15/h1-2,5-6H,3-4,9-11H2,(H,18,19). The van der Waals surface area contributed by atoms with Gasteiger partial charge in [-0.05, 0) is 12.1 Å². The second-order valence-electron chi connectivity index (χ2n) is 4.54. The van der Waals surface area contributed by atoms with Crippen LogP contribution in [0.1, 0.15) is 12.8 Å². The lowest BCUT2D eigenvalue weighted by Crippen LogP contribution is -2.34.